The third kappa shape index (κ3) is 3.25. The summed E-state index contributed by atoms with van der Waals surface area (Å²) >= 11 is 10.3. The number of rotatable bonds is 3. The number of nitrogens with zero attached hydrogens (tertiary/aromatic N) is 1. The van der Waals surface area contributed by atoms with Gasteiger partial charge in [0.05, 0.1) is 11.1 Å². The molecule has 5 nitrogen and oxygen atoms in total. The molecule has 2 heterocycles. The number of hydrogen-bond donors (Lipinski definition) is 2. The molecule has 0 saturated heterocycles. The van der Waals surface area contributed by atoms with Crippen molar-refractivity contribution in [3.63, 3.8) is 0 Å². The van der Waals surface area contributed by atoms with Crippen LogP contribution in [0.15, 0.2) is 16.7 Å². The molecule has 1 amide bonds. The first-order valence-corrected chi connectivity index (χ1v) is 7.75. The zero-order valence-electron chi connectivity index (χ0n) is 11.0. The minimum absolute atomic E-state index is 0.0533. The van der Waals surface area contributed by atoms with Gasteiger partial charge in [-0.05, 0) is 41.4 Å². The number of anilines is 1. The molecule has 0 aromatic carbocycles. The highest BCUT2D eigenvalue weighted by atomic mass is 79.9. The van der Waals surface area contributed by atoms with E-state index >= 15 is 0 Å². The van der Waals surface area contributed by atoms with E-state index in [0.717, 1.165) is 4.88 Å². The Morgan fingerprint density at radius 2 is 2.10 bits per heavy atom. The van der Waals surface area contributed by atoms with E-state index in [2.05, 4.69) is 26.2 Å². The molecule has 0 aliphatic carbocycles. The number of halogens is 2. The van der Waals surface area contributed by atoms with Gasteiger partial charge in [-0.1, -0.05) is 11.6 Å². The fourth-order valence-corrected chi connectivity index (χ4v) is 3.29. The molecule has 0 saturated carbocycles. The molecule has 0 fully saturated rings. The molecule has 0 unspecified atom stereocenters. The quantitative estimate of drug-likeness (QED) is 0.774. The molecule has 0 radical (unpaired) electrons. The zero-order valence-corrected chi connectivity index (χ0v) is 14.2. The van der Waals surface area contributed by atoms with E-state index in [9.17, 15) is 14.7 Å². The summed E-state index contributed by atoms with van der Waals surface area (Å²) < 4.78 is 0.606. The van der Waals surface area contributed by atoms with Crippen LogP contribution < -0.4 is 5.32 Å². The van der Waals surface area contributed by atoms with Crippen molar-refractivity contribution in [3.05, 3.63) is 43.5 Å². The average molecular weight is 390 g/mol. The summed E-state index contributed by atoms with van der Waals surface area (Å²) in [7, 11) is 0. The Morgan fingerprint density at radius 3 is 2.71 bits per heavy atom. The second-order valence-corrected chi connectivity index (χ2v) is 6.74. The molecule has 0 aliphatic heterocycles. The van der Waals surface area contributed by atoms with Gasteiger partial charge in [-0.3, -0.25) is 4.79 Å². The van der Waals surface area contributed by atoms with Crippen molar-refractivity contribution >= 4 is 55.7 Å². The lowest BCUT2D eigenvalue weighted by molar-refractivity contribution is 0.0697. The average Bonchev–Trinajstić information content (AvgIpc) is 2.67. The Bertz CT molecular complexity index is 745. The van der Waals surface area contributed by atoms with E-state index in [1.807, 2.05) is 0 Å². The van der Waals surface area contributed by atoms with Gasteiger partial charge in [-0.15, -0.1) is 11.3 Å². The largest absolute Gasteiger partial charge is 0.478 e. The van der Waals surface area contributed by atoms with Gasteiger partial charge in [0.1, 0.15) is 10.2 Å². The lowest BCUT2D eigenvalue weighted by Gasteiger charge is -2.06. The van der Waals surface area contributed by atoms with Crippen LogP contribution in [0.3, 0.4) is 0 Å². The van der Waals surface area contributed by atoms with Gasteiger partial charge in [0, 0.05) is 15.5 Å². The molecule has 2 aromatic rings. The van der Waals surface area contributed by atoms with E-state index in [4.69, 9.17) is 11.6 Å². The van der Waals surface area contributed by atoms with E-state index in [1.54, 1.807) is 13.8 Å². The minimum Gasteiger partial charge on any atom is -0.478 e. The van der Waals surface area contributed by atoms with Crippen LogP contribution in [0.25, 0.3) is 0 Å². The van der Waals surface area contributed by atoms with Gasteiger partial charge in [0.15, 0.2) is 0 Å². The molecule has 110 valence electrons. The highest BCUT2D eigenvalue weighted by Crippen LogP contribution is 2.33. The SMILES string of the molecule is Cc1sc(NC(=O)c2cc(Br)cnc2Cl)c(C(=O)O)c1C. The molecule has 0 spiro atoms. The molecule has 8 heteroatoms. The number of carboxylic acid groups (broad SMARTS) is 1. The number of nitrogens with one attached hydrogen (secondary N) is 1. The molecule has 2 aromatic heterocycles. The zero-order chi connectivity index (χ0) is 15.7. The van der Waals surface area contributed by atoms with Gasteiger partial charge in [0.2, 0.25) is 0 Å². The Labute approximate surface area is 138 Å². The fourth-order valence-electron chi connectivity index (χ4n) is 1.72. The topological polar surface area (TPSA) is 79.3 Å². The highest BCUT2D eigenvalue weighted by molar-refractivity contribution is 9.10. The van der Waals surface area contributed by atoms with Crippen LogP contribution in [0.1, 0.15) is 31.2 Å². The fraction of sp³-hybridized carbons (Fsp3) is 0.154. The van der Waals surface area contributed by atoms with Crippen LogP contribution in [-0.2, 0) is 0 Å². The van der Waals surface area contributed by atoms with Gasteiger partial charge in [-0.2, -0.15) is 0 Å². The van der Waals surface area contributed by atoms with Crippen molar-refractivity contribution < 1.29 is 14.7 Å². The summed E-state index contributed by atoms with van der Waals surface area (Å²) in [4.78, 5) is 28.2. The van der Waals surface area contributed by atoms with Gasteiger partial charge < -0.3 is 10.4 Å². The monoisotopic (exact) mass is 388 g/mol. The van der Waals surface area contributed by atoms with Crippen molar-refractivity contribution in [1.82, 2.24) is 4.98 Å². The second-order valence-electron chi connectivity index (χ2n) is 4.24. The maximum Gasteiger partial charge on any atom is 0.338 e. The van der Waals surface area contributed by atoms with Gasteiger partial charge >= 0.3 is 5.97 Å². The molecule has 21 heavy (non-hydrogen) atoms. The number of carbonyl (C=O) groups excluding carboxylic acids is 1. The molecule has 2 N–H and O–H groups in total. The minimum atomic E-state index is -1.08. The lowest BCUT2D eigenvalue weighted by atomic mass is 10.1. The number of aryl methyl sites for hydroxylation is 1. The first kappa shape index (κ1) is 15.9. The molecule has 0 bridgehead atoms. The maximum absolute atomic E-state index is 12.2. The Balaban J connectivity index is 2.38. The van der Waals surface area contributed by atoms with E-state index in [-0.39, 0.29) is 16.3 Å². The summed E-state index contributed by atoms with van der Waals surface area (Å²) in [5.41, 5.74) is 0.914. The number of thiophene rings is 1. The number of aromatic carboxylic acids is 1. The van der Waals surface area contributed by atoms with E-state index in [0.29, 0.717) is 15.0 Å². The molecular formula is C13H10BrClN2O3S. The smallest absolute Gasteiger partial charge is 0.338 e. The van der Waals surface area contributed by atoms with Crippen molar-refractivity contribution in [2.45, 2.75) is 13.8 Å². The number of amides is 1. The highest BCUT2D eigenvalue weighted by Gasteiger charge is 2.22. The number of hydrogen-bond acceptors (Lipinski definition) is 4. The van der Waals surface area contributed by atoms with Crippen molar-refractivity contribution in [3.8, 4) is 0 Å². The van der Waals surface area contributed by atoms with Crippen molar-refractivity contribution in [1.29, 1.82) is 0 Å². The van der Waals surface area contributed by atoms with Crippen LogP contribution in [0, 0.1) is 13.8 Å². The third-order valence-electron chi connectivity index (χ3n) is 2.88. The van der Waals surface area contributed by atoms with Crippen molar-refractivity contribution in [2.24, 2.45) is 0 Å². The lowest BCUT2D eigenvalue weighted by Crippen LogP contribution is -2.14. The van der Waals surface area contributed by atoms with Crippen LogP contribution in [-0.4, -0.2) is 22.0 Å². The predicted octanol–water partition coefficient (Wildman–Crippen LogP) is 4.13. The Hall–Kier alpha value is -1.44. The van der Waals surface area contributed by atoms with Gasteiger partial charge in [0.25, 0.3) is 5.91 Å². The summed E-state index contributed by atoms with van der Waals surface area (Å²) in [5.74, 6) is -1.58. The normalized spacial score (nSPS) is 10.5. The number of carbonyl (C=O) groups is 2. The van der Waals surface area contributed by atoms with Crippen LogP contribution in [0.2, 0.25) is 5.15 Å². The summed E-state index contributed by atoms with van der Waals surface area (Å²) in [6.07, 6.45) is 1.47. The van der Waals surface area contributed by atoms with Crippen LogP contribution in [0.4, 0.5) is 5.00 Å². The first-order valence-electron chi connectivity index (χ1n) is 5.77. The first-order chi connectivity index (χ1) is 9.81. The van der Waals surface area contributed by atoms with Crippen LogP contribution in [0.5, 0.6) is 0 Å². The Morgan fingerprint density at radius 1 is 1.43 bits per heavy atom. The summed E-state index contributed by atoms with van der Waals surface area (Å²) in [6, 6.07) is 1.53. The number of pyridine rings is 1. The molecule has 0 aliphatic rings. The van der Waals surface area contributed by atoms with E-state index < -0.39 is 11.9 Å². The number of carboxylic acids is 1. The van der Waals surface area contributed by atoms with Crippen molar-refractivity contribution in [2.75, 3.05) is 5.32 Å². The molecular weight excluding hydrogens is 380 g/mol. The molecule has 2 rings (SSSR count). The van der Waals surface area contributed by atoms with Gasteiger partial charge in [-0.25, -0.2) is 9.78 Å². The predicted molar refractivity (Wildman–Crippen MR) is 85.7 cm³/mol. The number of aromatic nitrogens is 1. The standard InChI is InChI=1S/C13H10BrClN2O3S/c1-5-6(2)21-12(9(5)13(19)20)17-11(18)8-3-7(14)4-16-10(8)15/h3-4H,1-2H3,(H,17,18)(H,19,20). The van der Waals surface area contributed by atoms with E-state index in [1.165, 1.54) is 23.6 Å². The van der Waals surface area contributed by atoms with Crippen LogP contribution >= 0.6 is 38.9 Å². The molecule has 0 atom stereocenters. The summed E-state index contributed by atoms with van der Waals surface area (Å²) in [6.45, 7) is 3.51. The Kier molecular flexibility index (Phi) is 4.65. The third-order valence-corrected chi connectivity index (χ3v) is 4.73. The second kappa shape index (κ2) is 6.13. The summed E-state index contributed by atoms with van der Waals surface area (Å²) in [5, 5.41) is 12.2. The maximum atomic E-state index is 12.2.